The maximum absolute atomic E-state index is 12.4. The molecule has 2 aromatic carbocycles. The summed E-state index contributed by atoms with van der Waals surface area (Å²) in [5.41, 5.74) is 8.54. The molecule has 8 nitrogen and oxygen atoms in total. The number of nitrogens with two attached hydrogens (primary N) is 1. The summed E-state index contributed by atoms with van der Waals surface area (Å²) in [5.74, 6) is 3.65. The number of hydrogen-bond acceptors (Lipinski definition) is 4. The molecule has 0 saturated carbocycles. The number of carbonyl (C=O) groups is 4. The summed E-state index contributed by atoms with van der Waals surface area (Å²) in [6.45, 7) is -0.307. The highest BCUT2D eigenvalue weighted by Gasteiger charge is 2.22. The van der Waals surface area contributed by atoms with Crippen molar-refractivity contribution >= 4 is 23.6 Å². The van der Waals surface area contributed by atoms with Gasteiger partial charge < -0.3 is 21.7 Å². The number of fused-ring (bicyclic) bond motifs is 4. The van der Waals surface area contributed by atoms with Crippen LogP contribution in [0.5, 0.6) is 0 Å². The van der Waals surface area contributed by atoms with Gasteiger partial charge in [0.2, 0.25) is 23.6 Å². The Morgan fingerprint density at radius 3 is 2.65 bits per heavy atom. The lowest BCUT2D eigenvalue weighted by Gasteiger charge is -2.16. The molecule has 0 spiro atoms. The van der Waals surface area contributed by atoms with E-state index in [0.717, 1.165) is 22.3 Å². The zero-order valence-corrected chi connectivity index (χ0v) is 16.7. The average molecular weight is 418 g/mol. The Morgan fingerprint density at radius 2 is 1.84 bits per heavy atom. The second-order valence-corrected chi connectivity index (χ2v) is 7.01. The van der Waals surface area contributed by atoms with E-state index in [9.17, 15) is 19.2 Å². The molecule has 8 heteroatoms. The predicted molar refractivity (Wildman–Crippen MR) is 114 cm³/mol. The topological polar surface area (TPSA) is 130 Å². The van der Waals surface area contributed by atoms with Crippen LogP contribution in [-0.2, 0) is 25.6 Å². The average Bonchev–Trinajstić information content (AvgIpc) is 2.74. The van der Waals surface area contributed by atoms with Crippen molar-refractivity contribution in [3.8, 4) is 23.0 Å². The van der Waals surface area contributed by atoms with Crippen molar-refractivity contribution in [2.45, 2.75) is 18.9 Å². The van der Waals surface area contributed by atoms with Crippen LogP contribution in [0.1, 0.15) is 17.5 Å². The maximum Gasteiger partial charge on any atom is 0.243 e. The molecule has 0 aliphatic carbocycles. The van der Waals surface area contributed by atoms with Crippen molar-refractivity contribution in [3.05, 3.63) is 59.7 Å². The summed E-state index contributed by atoms with van der Waals surface area (Å²) in [6.07, 6.45) is -0.284. The van der Waals surface area contributed by atoms with E-state index in [1.54, 1.807) is 0 Å². The van der Waals surface area contributed by atoms with Crippen LogP contribution >= 0.6 is 0 Å². The molecule has 2 aromatic rings. The van der Waals surface area contributed by atoms with E-state index in [-0.39, 0.29) is 31.8 Å². The number of amides is 4. The highest BCUT2D eigenvalue weighted by molar-refractivity contribution is 5.93. The van der Waals surface area contributed by atoms with Crippen molar-refractivity contribution < 1.29 is 19.2 Å². The summed E-state index contributed by atoms with van der Waals surface area (Å²) in [6, 6.07) is 13.9. The monoisotopic (exact) mass is 418 g/mol. The van der Waals surface area contributed by atoms with Gasteiger partial charge in [0, 0.05) is 5.56 Å². The van der Waals surface area contributed by atoms with Gasteiger partial charge in [0.25, 0.3) is 0 Å². The third-order valence-corrected chi connectivity index (χ3v) is 4.61. The molecule has 1 heterocycles. The van der Waals surface area contributed by atoms with Gasteiger partial charge in [-0.3, -0.25) is 19.2 Å². The van der Waals surface area contributed by atoms with Gasteiger partial charge in [-0.05, 0) is 22.8 Å². The molecule has 3 rings (SSSR count). The first-order valence-electron chi connectivity index (χ1n) is 9.71. The molecule has 1 aliphatic heterocycles. The van der Waals surface area contributed by atoms with E-state index in [0.29, 0.717) is 0 Å². The molecule has 1 aliphatic rings. The molecule has 2 bridgehead atoms. The van der Waals surface area contributed by atoms with E-state index in [4.69, 9.17) is 5.73 Å². The Kier molecular flexibility index (Phi) is 7.01. The zero-order valence-electron chi connectivity index (χ0n) is 16.7. The van der Waals surface area contributed by atoms with E-state index in [2.05, 4.69) is 27.8 Å². The second kappa shape index (κ2) is 10.1. The van der Waals surface area contributed by atoms with Gasteiger partial charge in [-0.15, -0.1) is 0 Å². The van der Waals surface area contributed by atoms with Gasteiger partial charge in [-0.25, -0.2) is 0 Å². The quantitative estimate of drug-likeness (QED) is 0.506. The van der Waals surface area contributed by atoms with Crippen LogP contribution < -0.4 is 21.7 Å². The number of primary amides is 1. The normalized spacial score (nSPS) is 17.0. The Morgan fingerprint density at radius 1 is 1.03 bits per heavy atom. The lowest BCUT2D eigenvalue weighted by atomic mass is 9.97. The standard InChI is InChI=1S/C23H22N4O4/c24-20(28)13-19-23(31)25-10-4-8-16-6-1-2-9-18(16)17-7-3-5-15(11-17)12-21(29)26-14-22(30)27-19/h1-3,5-7,9,11,19H,10,12-14H2,(H2,24,28)(H,25,31)(H,26,29)(H,27,30). The smallest absolute Gasteiger partial charge is 0.243 e. The Bertz CT molecular complexity index is 1080. The van der Waals surface area contributed by atoms with E-state index in [1.807, 2.05) is 48.5 Å². The van der Waals surface area contributed by atoms with E-state index in [1.165, 1.54) is 0 Å². The SMILES string of the molecule is NC(=O)CC1NC(=O)CNC(=O)Cc2cccc(c2)-c2ccccc2C#CCNC1=O. The third-order valence-electron chi connectivity index (χ3n) is 4.61. The first kappa shape index (κ1) is 21.6. The fourth-order valence-electron chi connectivity index (χ4n) is 3.17. The van der Waals surface area contributed by atoms with Crippen LogP contribution in [0.25, 0.3) is 11.1 Å². The zero-order chi connectivity index (χ0) is 22.2. The Labute approximate surface area is 179 Å². The minimum atomic E-state index is -1.15. The van der Waals surface area contributed by atoms with E-state index >= 15 is 0 Å². The van der Waals surface area contributed by atoms with Crippen LogP contribution in [0, 0.1) is 11.8 Å². The second-order valence-electron chi connectivity index (χ2n) is 7.01. The van der Waals surface area contributed by atoms with Crippen molar-refractivity contribution in [1.29, 1.82) is 0 Å². The van der Waals surface area contributed by atoms with Crippen LogP contribution in [0.15, 0.2) is 48.5 Å². The van der Waals surface area contributed by atoms with Gasteiger partial charge in [0.05, 0.1) is 25.9 Å². The minimum absolute atomic E-state index is 0.0229. The molecule has 1 unspecified atom stereocenters. The third kappa shape index (κ3) is 6.18. The van der Waals surface area contributed by atoms with Gasteiger partial charge >= 0.3 is 0 Å². The summed E-state index contributed by atoms with van der Waals surface area (Å²) in [7, 11) is 0. The molecule has 5 N–H and O–H groups in total. The molecule has 1 atom stereocenters. The number of rotatable bonds is 2. The minimum Gasteiger partial charge on any atom is -0.370 e. The molecule has 0 radical (unpaired) electrons. The van der Waals surface area contributed by atoms with Crippen LogP contribution in [0.4, 0.5) is 0 Å². The van der Waals surface area contributed by atoms with Gasteiger partial charge in [-0.2, -0.15) is 0 Å². The van der Waals surface area contributed by atoms with Crippen LogP contribution in [0.2, 0.25) is 0 Å². The maximum atomic E-state index is 12.4. The molecule has 31 heavy (non-hydrogen) atoms. The van der Waals surface area contributed by atoms with Crippen molar-refractivity contribution in [3.63, 3.8) is 0 Å². The van der Waals surface area contributed by atoms with Crippen LogP contribution in [0.3, 0.4) is 0 Å². The van der Waals surface area contributed by atoms with Crippen molar-refractivity contribution in [2.24, 2.45) is 5.73 Å². The highest BCUT2D eigenvalue weighted by Crippen LogP contribution is 2.24. The first-order chi connectivity index (χ1) is 14.9. The van der Waals surface area contributed by atoms with E-state index < -0.39 is 23.8 Å². The summed E-state index contributed by atoms with van der Waals surface area (Å²) >= 11 is 0. The number of nitrogens with one attached hydrogen (secondary N) is 3. The number of hydrogen-bond donors (Lipinski definition) is 4. The molecular formula is C23H22N4O4. The van der Waals surface area contributed by atoms with Gasteiger partial charge in [-0.1, -0.05) is 54.3 Å². The van der Waals surface area contributed by atoms with Crippen molar-refractivity contribution in [2.75, 3.05) is 13.1 Å². The fraction of sp³-hybridized carbons (Fsp3) is 0.217. The Balaban J connectivity index is 1.93. The predicted octanol–water partition coefficient (Wildman–Crippen LogP) is -0.146. The highest BCUT2D eigenvalue weighted by atomic mass is 16.2. The van der Waals surface area contributed by atoms with Crippen molar-refractivity contribution in [1.82, 2.24) is 16.0 Å². The largest absolute Gasteiger partial charge is 0.370 e. The fourth-order valence-corrected chi connectivity index (χ4v) is 3.17. The first-order valence-corrected chi connectivity index (χ1v) is 9.71. The number of carbonyl (C=O) groups excluding carboxylic acids is 4. The lowest BCUT2D eigenvalue weighted by Crippen LogP contribution is -2.51. The molecule has 158 valence electrons. The van der Waals surface area contributed by atoms with Crippen LogP contribution in [-0.4, -0.2) is 42.8 Å². The molecule has 4 amide bonds. The van der Waals surface area contributed by atoms with Gasteiger partial charge in [0.15, 0.2) is 0 Å². The summed E-state index contributed by atoms with van der Waals surface area (Å²) < 4.78 is 0. The van der Waals surface area contributed by atoms with Gasteiger partial charge in [0.1, 0.15) is 6.04 Å². The molecular weight excluding hydrogens is 396 g/mol. The summed E-state index contributed by atoms with van der Waals surface area (Å²) in [4.78, 5) is 48.1. The summed E-state index contributed by atoms with van der Waals surface area (Å²) in [5, 5.41) is 7.52. The Hall–Kier alpha value is -4.12. The lowest BCUT2D eigenvalue weighted by molar-refractivity contribution is -0.131. The number of benzene rings is 2. The molecule has 0 aromatic heterocycles. The molecule has 0 saturated heterocycles. The molecule has 0 fully saturated rings.